The largest absolute Gasteiger partial charge is 0.353 e. The molecular weight excluding hydrogens is 226 g/mol. The van der Waals surface area contributed by atoms with Gasteiger partial charge in [-0.3, -0.25) is 4.79 Å². The van der Waals surface area contributed by atoms with Gasteiger partial charge in [0.25, 0.3) is 0 Å². The number of rotatable bonds is 2. The normalized spacial score (nSPS) is 39.8. The number of methoxy groups -OCH3 is 1. The van der Waals surface area contributed by atoms with Gasteiger partial charge in [-0.1, -0.05) is 0 Å². The molecule has 0 aromatic heterocycles. The lowest BCUT2D eigenvalue weighted by Crippen LogP contribution is -2.58. The van der Waals surface area contributed by atoms with Gasteiger partial charge in [0.15, 0.2) is 12.1 Å². The molecule has 4 atom stereocenters. The molecule has 0 unspecified atom stereocenters. The number of hydrogen-bond donors (Lipinski definition) is 1. The molecule has 17 heavy (non-hydrogen) atoms. The van der Waals surface area contributed by atoms with E-state index in [4.69, 9.17) is 18.9 Å². The van der Waals surface area contributed by atoms with Gasteiger partial charge in [0, 0.05) is 14.0 Å². The van der Waals surface area contributed by atoms with Crippen LogP contribution < -0.4 is 5.32 Å². The van der Waals surface area contributed by atoms with Crippen LogP contribution >= 0.6 is 0 Å². The Morgan fingerprint density at radius 1 is 1.35 bits per heavy atom. The summed E-state index contributed by atoms with van der Waals surface area (Å²) in [4.78, 5) is 11.1. The van der Waals surface area contributed by atoms with Crippen molar-refractivity contribution >= 4 is 5.91 Å². The van der Waals surface area contributed by atoms with Crippen molar-refractivity contribution < 1.29 is 23.7 Å². The molecule has 98 valence electrons. The molecule has 2 rings (SSSR count). The third kappa shape index (κ3) is 2.60. The average molecular weight is 245 g/mol. The van der Waals surface area contributed by atoms with Crippen LogP contribution in [0, 0.1) is 0 Å². The van der Waals surface area contributed by atoms with E-state index in [1.807, 2.05) is 13.8 Å². The summed E-state index contributed by atoms with van der Waals surface area (Å²) in [5, 5.41) is 2.81. The maximum Gasteiger partial charge on any atom is 0.217 e. The van der Waals surface area contributed by atoms with E-state index in [1.165, 1.54) is 6.92 Å². The summed E-state index contributed by atoms with van der Waals surface area (Å²) in [6.07, 6.45) is -1.01. The predicted octanol–water partition coefficient (Wildman–Crippen LogP) is 0.0139. The van der Waals surface area contributed by atoms with E-state index in [0.717, 1.165) is 0 Å². The van der Waals surface area contributed by atoms with E-state index in [9.17, 15) is 4.79 Å². The van der Waals surface area contributed by atoms with E-state index in [2.05, 4.69) is 5.32 Å². The van der Waals surface area contributed by atoms with Crippen molar-refractivity contribution in [2.24, 2.45) is 0 Å². The Kier molecular flexibility index (Phi) is 3.40. The van der Waals surface area contributed by atoms with Gasteiger partial charge in [0.1, 0.15) is 12.2 Å². The van der Waals surface area contributed by atoms with Crippen LogP contribution in [0.25, 0.3) is 0 Å². The quantitative estimate of drug-likeness (QED) is 0.742. The monoisotopic (exact) mass is 245 g/mol. The van der Waals surface area contributed by atoms with Crippen LogP contribution in [0.4, 0.5) is 0 Å². The predicted molar refractivity (Wildman–Crippen MR) is 58.2 cm³/mol. The second-order valence-electron chi connectivity index (χ2n) is 4.81. The number of ether oxygens (including phenoxy) is 4. The van der Waals surface area contributed by atoms with Crippen LogP contribution in [0.2, 0.25) is 0 Å². The Morgan fingerprint density at radius 2 is 2.00 bits per heavy atom. The number of carbonyl (C=O) groups excluding carboxylic acids is 1. The summed E-state index contributed by atoms with van der Waals surface area (Å²) in [5.41, 5.74) is 0. The molecule has 0 bridgehead atoms. The summed E-state index contributed by atoms with van der Waals surface area (Å²) in [7, 11) is 1.56. The molecule has 0 spiro atoms. The van der Waals surface area contributed by atoms with Gasteiger partial charge >= 0.3 is 0 Å². The molecule has 0 aliphatic carbocycles. The van der Waals surface area contributed by atoms with Crippen LogP contribution in [0.1, 0.15) is 20.8 Å². The fourth-order valence-electron chi connectivity index (χ4n) is 2.31. The summed E-state index contributed by atoms with van der Waals surface area (Å²) in [6, 6.07) is -0.203. The fourth-order valence-corrected chi connectivity index (χ4v) is 2.31. The Hall–Kier alpha value is -0.690. The lowest BCUT2D eigenvalue weighted by Gasteiger charge is -2.36. The number of nitrogens with one attached hydrogen (secondary N) is 1. The van der Waals surface area contributed by atoms with Crippen molar-refractivity contribution in [3.8, 4) is 0 Å². The van der Waals surface area contributed by atoms with Crippen LogP contribution in [0.5, 0.6) is 0 Å². The molecule has 2 fully saturated rings. The molecule has 2 saturated heterocycles. The molecule has 2 aliphatic heterocycles. The molecule has 0 aromatic carbocycles. The second-order valence-corrected chi connectivity index (χ2v) is 4.81. The zero-order valence-corrected chi connectivity index (χ0v) is 10.6. The van der Waals surface area contributed by atoms with Crippen molar-refractivity contribution in [1.82, 2.24) is 5.32 Å². The van der Waals surface area contributed by atoms with E-state index >= 15 is 0 Å². The second kappa shape index (κ2) is 4.53. The topological polar surface area (TPSA) is 66.0 Å². The van der Waals surface area contributed by atoms with Crippen molar-refractivity contribution in [3.63, 3.8) is 0 Å². The Balaban J connectivity index is 2.12. The van der Waals surface area contributed by atoms with Gasteiger partial charge in [-0.2, -0.15) is 0 Å². The zero-order chi connectivity index (χ0) is 12.6. The molecule has 2 aliphatic rings. The maximum atomic E-state index is 11.1. The Bertz CT molecular complexity index is 306. The standard InChI is InChI=1S/C11H19NO5/c1-6(13)12-7-5-15-10(14-4)9-8(7)16-11(2,3)17-9/h7-10H,5H2,1-4H3,(H,12,13)/t7-,8-,9-,10-/m0/s1. The number of hydrogen-bond acceptors (Lipinski definition) is 5. The molecule has 6 nitrogen and oxygen atoms in total. The first kappa shape index (κ1) is 12.8. The first-order valence-electron chi connectivity index (χ1n) is 5.70. The maximum absolute atomic E-state index is 11.1. The summed E-state index contributed by atoms with van der Waals surface area (Å²) < 4.78 is 22.3. The summed E-state index contributed by atoms with van der Waals surface area (Å²) in [5.74, 6) is -0.794. The minimum absolute atomic E-state index is 0.110. The third-order valence-corrected chi connectivity index (χ3v) is 2.89. The highest BCUT2D eigenvalue weighted by atomic mass is 16.8. The lowest BCUT2D eigenvalue weighted by atomic mass is 10.0. The SMILES string of the molecule is CO[C@H]1OC[C@H](NC(C)=O)[C@@H]2OC(C)(C)O[C@H]12. The lowest BCUT2D eigenvalue weighted by molar-refractivity contribution is -0.223. The summed E-state index contributed by atoms with van der Waals surface area (Å²) >= 11 is 0. The first-order chi connectivity index (χ1) is 7.93. The molecule has 0 saturated carbocycles. The third-order valence-electron chi connectivity index (χ3n) is 2.89. The summed E-state index contributed by atoms with van der Waals surface area (Å²) in [6.45, 7) is 5.50. The molecule has 0 aromatic rings. The Labute approximate surface area is 101 Å². The van der Waals surface area contributed by atoms with Crippen LogP contribution in [0.15, 0.2) is 0 Å². The fraction of sp³-hybridized carbons (Fsp3) is 0.909. The minimum atomic E-state index is -0.684. The molecule has 2 heterocycles. The number of carbonyl (C=O) groups is 1. The van der Waals surface area contributed by atoms with Crippen molar-refractivity contribution in [3.05, 3.63) is 0 Å². The zero-order valence-electron chi connectivity index (χ0n) is 10.6. The molecule has 1 N–H and O–H groups in total. The smallest absolute Gasteiger partial charge is 0.217 e. The van der Waals surface area contributed by atoms with Crippen LogP contribution in [-0.2, 0) is 23.7 Å². The van der Waals surface area contributed by atoms with Gasteiger partial charge in [-0.25, -0.2) is 0 Å². The van der Waals surface area contributed by atoms with E-state index in [0.29, 0.717) is 6.61 Å². The van der Waals surface area contributed by atoms with Crippen molar-refractivity contribution in [2.75, 3.05) is 13.7 Å². The molecule has 1 amide bonds. The van der Waals surface area contributed by atoms with Crippen molar-refractivity contribution in [1.29, 1.82) is 0 Å². The highest BCUT2D eigenvalue weighted by Crippen LogP contribution is 2.35. The van der Waals surface area contributed by atoms with E-state index in [-0.39, 0.29) is 24.2 Å². The van der Waals surface area contributed by atoms with Gasteiger partial charge in [-0.05, 0) is 13.8 Å². The molecule has 6 heteroatoms. The van der Waals surface area contributed by atoms with E-state index < -0.39 is 12.1 Å². The van der Waals surface area contributed by atoms with Gasteiger partial charge in [0.05, 0.1) is 12.6 Å². The molecule has 0 radical (unpaired) electrons. The minimum Gasteiger partial charge on any atom is -0.353 e. The van der Waals surface area contributed by atoms with Crippen molar-refractivity contribution in [2.45, 2.75) is 51.1 Å². The number of fused-ring (bicyclic) bond motifs is 1. The highest BCUT2D eigenvalue weighted by Gasteiger charge is 2.52. The average Bonchev–Trinajstić information content (AvgIpc) is 2.53. The van der Waals surface area contributed by atoms with Crippen LogP contribution in [0.3, 0.4) is 0 Å². The Morgan fingerprint density at radius 3 is 2.59 bits per heavy atom. The van der Waals surface area contributed by atoms with Crippen LogP contribution in [-0.4, -0.2) is 50.0 Å². The highest BCUT2D eigenvalue weighted by molar-refractivity contribution is 5.73. The van der Waals surface area contributed by atoms with Gasteiger partial charge < -0.3 is 24.3 Å². The van der Waals surface area contributed by atoms with E-state index in [1.54, 1.807) is 7.11 Å². The number of amides is 1. The molecular formula is C11H19NO5. The first-order valence-corrected chi connectivity index (χ1v) is 5.70. The van der Waals surface area contributed by atoms with Gasteiger partial charge in [0.2, 0.25) is 5.91 Å². The van der Waals surface area contributed by atoms with Gasteiger partial charge in [-0.15, -0.1) is 0 Å².